The van der Waals surface area contributed by atoms with Crippen LogP contribution in [0.3, 0.4) is 0 Å². The summed E-state index contributed by atoms with van der Waals surface area (Å²) in [6, 6.07) is 8.87. The van der Waals surface area contributed by atoms with Gasteiger partial charge >= 0.3 is 0 Å². The molecular weight excluding hydrogens is 266 g/mol. The zero-order valence-corrected chi connectivity index (χ0v) is 12.5. The maximum Gasteiger partial charge on any atom is 0.273 e. The zero-order valence-electron chi connectivity index (χ0n) is 12.5. The Labute approximate surface area is 125 Å². The van der Waals surface area contributed by atoms with Crippen LogP contribution in [0.4, 0.5) is 5.69 Å². The summed E-state index contributed by atoms with van der Waals surface area (Å²) < 4.78 is 0. The van der Waals surface area contributed by atoms with Crippen LogP contribution in [0.2, 0.25) is 0 Å². The van der Waals surface area contributed by atoms with E-state index in [1.165, 1.54) is 19.3 Å². The van der Waals surface area contributed by atoms with Crippen LogP contribution in [0.15, 0.2) is 24.3 Å². The van der Waals surface area contributed by atoms with Crippen LogP contribution >= 0.6 is 0 Å². The largest absolute Gasteiger partial charge is 0.310 e. The number of hydrogen-bond donors (Lipinski definition) is 1. The van der Waals surface area contributed by atoms with E-state index in [4.69, 9.17) is 0 Å². The van der Waals surface area contributed by atoms with Gasteiger partial charge < -0.3 is 10.2 Å². The first-order valence-corrected chi connectivity index (χ1v) is 7.82. The fourth-order valence-corrected chi connectivity index (χ4v) is 3.88. The van der Waals surface area contributed by atoms with Crippen LogP contribution in [-0.4, -0.2) is 35.0 Å². The Hall–Kier alpha value is -1.46. The molecule has 0 radical (unpaired) electrons. The maximum atomic E-state index is 11.0. The number of rotatable bonds is 4. The number of hydrogen-bond acceptors (Lipinski definition) is 4. The fourth-order valence-electron chi connectivity index (χ4n) is 3.88. The molecule has 114 valence electrons. The van der Waals surface area contributed by atoms with Crippen LogP contribution in [-0.2, 0) is 6.54 Å². The van der Waals surface area contributed by atoms with Crippen LogP contribution in [0, 0.1) is 10.1 Å². The van der Waals surface area contributed by atoms with Gasteiger partial charge in [0.2, 0.25) is 0 Å². The van der Waals surface area contributed by atoms with Gasteiger partial charge in [0.1, 0.15) is 0 Å². The second-order valence-electron chi connectivity index (χ2n) is 6.34. The number of benzene rings is 1. The molecule has 1 aromatic carbocycles. The molecule has 2 saturated heterocycles. The molecule has 2 aliphatic heterocycles. The van der Waals surface area contributed by atoms with E-state index >= 15 is 0 Å². The molecule has 1 aromatic rings. The topological polar surface area (TPSA) is 58.4 Å². The first kappa shape index (κ1) is 14.5. The Balaban J connectivity index is 1.62. The molecule has 3 rings (SSSR count). The third-order valence-corrected chi connectivity index (χ3v) is 5.11. The highest BCUT2D eigenvalue weighted by molar-refractivity contribution is 5.39. The summed E-state index contributed by atoms with van der Waals surface area (Å²) in [5.74, 6) is 0. The molecule has 0 amide bonds. The van der Waals surface area contributed by atoms with Crippen molar-refractivity contribution in [3.63, 3.8) is 0 Å². The molecule has 5 heteroatoms. The highest BCUT2D eigenvalue weighted by Crippen LogP contribution is 2.32. The van der Waals surface area contributed by atoms with Gasteiger partial charge in [-0.3, -0.25) is 10.1 Å². The molecule has 1 N–H and O–H groups in total. The van der Waals surface area contributed by atoms with Gasteiger partial charge in [-0.15, -0.1) is 0 Å². The Morgan fingerprint density at radius 1 is 1.29 bits per heavy atom. The molecule has 21 heavy (non-hydrogen) atoms. The van der Waals surface area contributed by atoms with Crippen molar-refractivity contribution in [2.24, 2.45) is 0 Å². The maximum absolute atomic E-state index is 11.0. The van der Waals surface area contributed by atoms with Crippen molar-refractivity contribution < 1.29 is 4.92 Å². The molecule has 0 aliphatic carbocycles. The number of nitro benzene ring substituents is 1. The fraction of sp³-hybridized carbons (Fsp3) is 0.625. The van der Waals surface area contributed by atoms with Crippen molar-refractivity contribution in [2.75, 3.05) is 7.05 Å². The summed E-state index contributed by atoms with van der Waals surface area (Å²) in [7, 11) is 2.24. The molecule has 5 nitrogen and oxygen atoms in total. The van der Waals surface area contributed by atoms with Crippen molar-refractivity contribution in [2.45, 2.75) is 56.8 Å². The lowest BCUT2D eigenvalue weighted by Gasteiger charge is -2.47. The van der Waals surface area contributed by atoms with Gasteiger partial charge in [0.05, 0.1) is 4.92 Å². The first-order chi connectivity index (χ1) is 10.1. The van der Waals surface area contributed by atoms with Crippen LogP contribution in [0.1, 0.15) is 37.7 Å². The number of fused-ring (bicyclic) bond motifs is 2. The van der Waals surface area contributed by atoms with Crippen LogP contribution in [0.5, 0.6) is 0 Å². The molecule has 2 unspecified atom stereocenters. The van der Waals surface area contributed by atoms with E-state index in [9.17, 15) is 10.1 Å². The van der Waals surface area contributed by atoms with Crippen molar-refractivity contribution >= 4 is 5.69 Å². The lowest BCUT2D eigenvalue weighted by molar-refractivity contribution is -0.385. The standard InChI is InChI=1S/C16H23N3O2/c1-18-14-6-4-7-15(18)10-13(9-14)17-11-12-5-2-3-8-16(12)19(20)21/h2-3,5,8,13-15,17H,4,6-7,9-11H2,1H3. The third-order valence-electron chi connectivity index (χ3n) is 5.11. The van der Waals surface area contributed by atoms with E-state index in [0.717, 1.165) is 18.4 Å². The number of nitrogens with one attached hydrogen (secondary N) is 1. The number of piperidine rings is 2. The van der Waals surface area contributed by atoms with Gasteiger partial charge in [0, 0.05) is 36.3 Å². The summed E-state index contributed by atoms with van der Waals surface area (Å²) in [5, 5.41) is 14.6. The van der Waals surface area contributed by atoms with E-state index in [1.807, 2.05) is 12.1 Å². The Morgan fingerprint density at radius 2 is 1.95 bits per heavy atom. The molecule has 0 spiro atoms. The molecule has 2 bridgehead atoms. The van der Waals surface area contributed by atoms with Crippen LogP contribution < -0.4 is 5.32 Å². The smallest absolute Gasteiger partial charge is 0.273 e. The molecule has 2 atom stereocenters. The van der Waals surface area contributed by atoms with Gasteiger partial charge in [-0.1, -0.05) is 24.6 Å². The first-order valence-electron chi connectivity index (χ1n) is 7.82. The minimum absolute atomic E-state index is 0.220. The molecule has 2 heterocycles. The number of nitrogens with zero attached hydrogens (tertiary/aromatic N) is 2. The van der Waals surface area contributed by atoms with Gasteiger partial charge in [0.15, 0.2) is 0 Å². The van der Waals surface area contributed by atoms with Gasteiger partial charge in [-0.25, -0.2) is 0 Å². The quantitative estimate of drug-likeness (QED) is 0.684. The summed E-state index contributed by atoms with van der Waals surface area (Å²) in [4.78, 5) is 13.3. The minimum atomic E-state index is -0.291. The predicted molar refractivity (Wildman–Crippen MR) is 82.1 cm³/mol. The SMILES string of the molecule is CN1C2CCCC1CC(NCc1ccccc1[N+](=O)[O-])C2. The highest BCUT2D eigenvalue weighted by Gasteiger charge is 2.35. The molecule has 0 aromatic heterocycles. The van der Waals surface area contributed by atoms with E-state index in [-0.39, 0.29) is 10.6 Å². The zero-order chi connectivity index (χ0) is 14.8. The Kier molecular flexibility index (Phi) is 4.22. The average Bonchev–Trinajstić information content (AvgIpc) is 2.45. The van der Waals surface area contributed by atoms with Crippen molar-refractivity contribution in [1.29, 1.82) is 0 Å². The lowest BCUT2D eigenvalue weighted by Crippen LogP contribution is -2.54. The highest BCUT2D eigenvalue weighted by atomic mass is 16.6. The normalized spacial score (nSPS) is 29.3. The Bertz CT molecular complexity index is 506. The second-order valence-corrected chi connectivity index (χ2v) is 6.34. The van der Waals surface area contributed by atoms with Crippen molar-refractivity contribution in [3.05, 3.63) is 39.9 Å². The van der Waals surface area contributed by atoms with Crippen molar-refractivity contribution in [1.82, 2.24) is 10.2 Å². The van der Waals surface area contributed by atoms with Crippen LogP contribution in [0.25, 0.3) is 0 Å². The molecular formula is C16H23N3O2. The van der Waals surface area contributed by atoms with E-state index < -0.39 is 0 Å². The van der Waals surface area contributed by atoms with E-state index in [1.54, 1.807) is 12.1 Å². The summed E-state index contributed by atoms with van der Waals surface area (Å²) in [6.07, 6.45) is 6.24. The monoisotopic (exact) mass is 289 g/mol. The van der Waals surface area contributed by atoms with E-state index in [0.29, 0.717) is 24.7 Å². The summed E-state index contributed by atoms with van der Waals surface area (Å²) >= 11 is 0. The molecule has 0 saturated carbocycles. The van der Waals surface area contributed by atoms with E-state index in [2.05, 4.69) is 17.3 Å². The third kappa shape index (κ3) is 3.09. The predicted octanol–water partition coefficient (Wildman–Crippen LogP) is 2.70. The van der Waals surface area contributed by atoms with Gasteiger partial charge in [-0.05, 0) is 32.7 Å². The minimum Gasteiger partial charge on any atom is -0.310 e. The summed E-state index contributed by atoms with van der Waals surface area (Å²) in [6.45, 7) is 0.588. The summed E-state index contributed by atoms with van der Waals surface area (Å²) in [5.41, 5.74) is 1.00. The number of nitro groups is 1. The molecule has 2 fully saturated rings. The van der Waals surface area contributed by atoms with Gasteiger partial charge in [0.25, 0.3) is 5.69 Å². The van der Waals surface area contributed by atoms with Gasteiger partial charge in [-0.2, -0.15) is 0 Å². The van der Waals surface area contributed by atoms with Crippen molar-refractivity contribution in [3.8, 4) is 0 Å². The number of para-hydroxylation sites is 1. The lowest BCUT2D eigenvalue weighted by atomic mass is 9.82. The average molecular weight is 289 g/mol. The Morgan fingerprint density at radius 3 is 2.62 bits per heavy atom. The molecule has 2 aliphatic rings. The second kappa shape index (κ2) is 6.12.